The van der Waals surface area contributed by atoms with E-state index in [-0.39, 0.29) is 0 Å². The van der Waals surface area contributed by atoms with Gasteiger partial charge in [0, 0.05) is 39.3 Å². The summed E-state index contributed by atoms with van der Waals surface area (Å²) < 4.78 is 1.80. The van der Waals surface area contributed by atoms with Crippen LogP contribution in [-0.2, 0) is 7.05 Å². The van der Waals surface area contributed by atoms with Crippen LogP contribution < -0.4 is 21.7 Å². The van der Waals surface area contributed by atoms with Gasteiger partial charge < -0.3 is 21.7 Å². The fourth-order valence-electron chi connectivity index (χ4n) is 2.17. The molecule has 1 aliphatic heterocycles. The molecular weight excluding hydrogens is 216 g/mol. The van der Waals surface area contributed by atoms with Gasteiger partial charge in [-0.15, -0.1) is 0 Å². The van der Waals surface area contributed by atoms with Crippen molar-refractivity contribution in [3.8, 4) is 0 Å². The van der Waals surface area contributed by atoms with Crippen LogP contribution in [0.15, 0.2) is 0 Å². The number of piperazine rings is 1. The van der Waals surface area contributed by atoms with Crippen LogP contribution in [0.2, 0.25) is 0 Å². The van der Waals surface area contributed by atoms with Gasteiger partial charge in [-0.1, -0.05) is 0 Å². The topological polar surface area (TPSA) is 79.9 Å². The van der Waals surface area contributed by atoms with Crippen molar-refractivity contribution in [2.75, 3.05) is 37.2 Å². The van der Waals surface area contributed by atoms with E-state index in [0.29, 0.717) is 6.04 Å². The normalized spacial score (nSPS) is 20.5. The third-order valence-corrected chi connectivity index (χ3v) is 3.18. The lowest BCUT2D eigenvalue weighted by molar-refractivity contribution is 0.405. The Morgan fingerprint density at radius 1 is 1.53 bits per heavy atom. The molecule has 1 fully saturated rings. The Kier molecular flexibility index (Phi) is 3.86. The Morgan fingerprint density at radius 3 is 2.94 bits per heavy atom. The molecule has 0 aromatic carbocycles. The summed E-state index contributed by atoms with van der Waals surface area (Å²) in [6, 6.07) is 0.548. The van der Waals surface area contributed by atoms with Crippen LogP contribution in [0.3, 0.4) is 0 Å². The first-order chi connectivity index (χ1) is 8.18. The highest BCUT2D eigenvalue weighted by atomic mass is 15.3. The lowest BCUT2D eigenvalue weighted by atomic mass is 10.1. The van der Waals surface area contributed by atoms with Gasteiger partial charge in [0.25, 0.3) is 0 Å². The average Bonchev–Trinajstić information content (AvgIpc) is 2.57. The Balaban J connectivity index is 1.81. The van der Waals surface area contributed by atoms with Crippen molar-refractivity contribution >= 4 is 11.5 Å². The standard InChI is InChI=1S/C11H22N6/c1-8-10(12)11(17(2)16-8)15-4-3-9-7-13-5-6-14-9/h9,13-15H,3-7,12H2,1-2H3. The highest BCUT2D eigenvalue weighted by molar-refractivity contribution is 5.64. The van der Waals surface area contributed by atoms with E-state index >= 15 is 0 Å². The molecule has 17 heavy (non-hydrogen) atoms. The maximum atomic E-state index is 5.95. The number of nitrogen functional groups attached to an aromatic ring is 1. The van der Waals surface area contributed by atoms with Crippen molar-refractivity contribution in [1.82, 2.24) is 20.4 Å². The van der Waals surface area contributed by atoms with Gasteiger partial charge in [-0.2, -0.15) is 5.10 Å². The first-order valence-corrected chi connectivity index (χ1v) is 6.15. The van der Waals surface area contributed by atoms with E-state index in [2.05, 4.69) is 21.0 Å². The second kappa shape index (κ2) is 5.37. The maximum absolute atomic E-state index is 5.95. The fraction of sp³-hybridized carbons (Fsp3) is 0.727. The summed E-state index contributed by atoms with van der Waals surface area (Å²) in [4.78, 5) is 0. The summed E-state index contributed by atoms with van der Waals surface area (Å²) in [5.41, 5.74) is 7.58. The third-order valence-electron chi connectivity index (χ3n) is 3.18. The minimum atomic E-state index is 0.548. The van der Waals surface area contributed by atoms with E-state index in [1.165, 1.54) is 0 Å². The summed E-state index contributed by atoms with van der Waals surface area (Å²) in [6.45, 7) is 5.99. The number of aromatic nitrogens is 2. The molecule has 2 rings (SSSR count). The molecular formula is C11H22N6. The van der Waals surface area contributed by atoms with Crippen molar-refractivity contribution in [3.05, 3.63) is 5.69 Å². The number of nitrogens with two attached hydrogens (primary N) is 1. The van der Waals surface area contributed by atoms with Crippen LogP contribution in [0.5, 0.6) is 0 Å². The van der Waals surface area contributed by atoms with Gasteiger partial charge >= 0.3 is 0 Å². The van der Waals surface area contributed by atoms with Gasteiger partial charge in [-0.3, -0.25) is 4.68 Å². The minimum absolute atomic E-state index is 0.548. The van der Waals surface area contributed by atoms with Crippen molar-refractivity contribution < 1.29 is 0 Å². The zero-order chi connectivity index (χ0) is 12.3. The summed E-state index contributed by atoms with van der Waals surface area (Å²) in [5.74, 6) is 0.922. The number of hydrogen-bond donors (Lipinski definition) is 4. The van der Waals surface area contributed by atoms with Crippen molar-refractivity contribution in [2.24, 2.45) is 7.05 Å². The van der Waals surface area contributed by atoms with Crippen LogP contribution >= 0.6 is 0 Å². The van der Waals surface area contributed by atoms with Gasteiger partial charge in [-0.25, -0.2) is 0 Å². The highest BCUT2D eigenvalue weighted by Crippen LogP contribution is 2.20. The predicted octanol–water partition coefficient (Wildman–Crippen LogP) is -0.326. The lowest BCUT2D eigenvalue weighted by Crippen LogP contribution is -2.48. The second-order valence-corrected chi connectivity index (χ2v) is 4.54. The molecule has 1 unspecified atom stereocenters. The predicted molar refractivity (Wildman–Crippen MR) is 70.1 cm³/mol. The molecule has 1 atom stereocenters. The molecule has 1 saturated heterocycles. The maximum Gasteiger partial charge on any atom is 0.147 e. The van der Waals surface area contributed by atoms with Gasteiger partial charge in [0.15, 0.2) is 0 Å². The minimum Gasteiger partial charge on any atom is -0.394 e. The fourth-order valence-corrected chi connectivity index (χ4v) is 2.17. The molecule has 6 heteroatoms. The lowest BCUT2D eigenvalue weighted by Gasteiger charge is -2.24. The van der Waals surface area contributed by atoms with Crippen LogP contribution in [0.25, 0.3) is 0 Å². The Labute approximate surface area is 102 Å². The number of hydrogen-bond acceptors (Lipinski definition) is 5. The molecule has 0 bridgehead atoms. The van der Waals surface area contributed by atoms with Gasteiger partial charge in [0.05, 0.1) is 11.4 Å². The van der Waals surface area contributed by atoms with E-state index in [1.807, 2.05) is 14.0 Å². The number of nitrogens with one attached hydrogen (secondary N) is 3. The van der Waals surface area contributed by atoms with Crippen LogP contribution in [-0.4, -0.2) is 42.0 Å². The smallest absolute Gasteiger partial charge is 0.147 e. The molecule has 0 amide bonds. The Hall–Kier alpha value is -1.27. The van der Waals surface area contributed by atoms with Gasteiger partial charge in [0.2, 0.25) is 0 Å². The number of anilines is 2. The summed E-state index contributed by atoms with van der Waals surface area (Å²) >= 11 is 0. The summed E-state index contributed by atoms with van der Waals surface area (Å²) in [7, 11) is 1.91. The molecule has 6 nitrogen and oxygen atoms in total. The monoisotopic (exact) mass is 238 g/mol. The Morgan fingerprint density at radius 2 is 2.35 bits per heavy atom. The number of nitrogens with zero attached hydrogens (tertiary/aromatic N) is 2. The molecule has 2 heterocycles. The van der Waals surface area contributed by atoms with E-state index in [0.717, 1.165) is 49.8 Å². The van der Waals surface area contributed by atoms with Crippen molar-refractivity contribution in [1.29, 1.82) is 0 Å². The summed E-state index contributed by atoms with van der Waals surface area (Å²) in [6.07, 6.45) is 1.08. The largest absolute Gasteiger partial charge is 0.394 e. The van der Waals surface area contributed by atoms with E-state index in [1.54, 1.807) is 4.68 Å². The van der Waals surface area contributed by atoms with Gasteiger partial charge in [0.1, 0.15) is 5.82 Å². The first kappa shape index (κ1) is 12.2. The number of aryl methyl sites for hydroxylation is 2. The molecule has 96 valence electrons. The van der Waals surface area contributed by atoms with Gasteiger partial charge in [-0.05, 0) is 13.3 Å². The number of rotatable bonds is 4. The SMILES string of the molecule is Cc1nn(C)c(NCCC2CNCCN2)c1N. The quantitative estimate of drug-likeness (QED) is 0.578. The molecule has 5 N–H and O–H groups in total. The highest BCUT2D eigenvalue weighted by Gasteiger charge is 2.13. The van der Waals surface area contributed by atoms with E-state index < -0.39 is 0 Å². The zero-order valence-corrected chi connectivity index (χ0v) is 10.6. The molecule has 0 aliphatic carbocycles. The molecule has 1 aliphatic rings. The second-order valence-electron chi connectivity index (χ2n) is 4.54. The first-order valence-electron chi connectivity index (χ1n) is 6.15. The molecule has 0 spiro atoms. The molecule has 0 radical (unpaired) electrons. The Bertz CT molecular complexity index is 366. The van der Waals surface area contributed by atoms with E-state index in [9.17, 15) is 0 Å². The van der Waals surface area contributed by atoms with Crippen LogP contribution in [0, 0.1) is 6.92 Å². The van der Waals surface area contributed by atoms with E-state index in [4.69, 9.17) is 5.73 Å². The molecule has 1 aromatic rings. The van der Waals surface area contributed by atoms with Crippen molar-refractivity contribution in [2.45, 2.75) is 19.4 Å². The van der Waals surface area contributed by atoms with Crippen molar-refractivity contribution in [3.63, 3.8) is 0 Å². The van der Waals surface area contributed by atoms with Crippen LogP contribution in [0.1, 0.15) is 12.1 Å². The zero-order valence-electron chi connectivity index (χ0n) is 10.6. The molecule has 1 aromatic heterocycles. The molecule has 0 saturated carbocycles. The average molecular weight is 238 g/mol. The van der Waals surface area contributed by atoms with Crippen LogP contribution in [0.4, 0.5) is 11.5 Å². The third kappa shape index (κ3) is 2.89. The summed E-state index contributed by atoms with van der Waals surface area (Å²) in [5, 5.41) is 14.5.